The number of aliphatic hydroxyl groups is 1. The summed E-state index contributed by atoms with van der Waals surface area (Å²) in [6.07, 6.45) is -4.80. The van der Waals surface area contributed by atoms with Gasteiger partial charge >= 0.3 is 12.2 Å². The molecule has 0 fully saturated rings. The minimum absolute atomic E-state index is 0.153. The van der Waals surface area contributed by atoms with E-state index in [-0.39, 0.29) is 24.0 Å². The normalized spacial score (nSPS) is 18.0. The number of amides is 3. The average molecular weight is 604 g/mol. The van der Waals surface area contributed by atoms with Crippen LogP contribution in [0.15, 0.2) is 47.0 Å². The molecule has 0 saturated heterocycles. The van der Waals surface area contributed by atoms with Crippen molar-refractivity contribution >= 4 is 23.3 Å². The van der Waals surface area contributed by atoms with Gasteiger partial charge in [0.25, 0.3) is 5.91 Å². The molecule has 0 unspecified atom stereocenters. The van der Waals surface area contributed by atoms with Gasteiger partial charge in [0.15, 0.2) is 5.76 Å². The van der Waals surface area contributed by atoms with E-state index in [0.717, 1.165) is 12.1 Å². The molecule has 3 N–H and O–H groups in total. The molecule has 1 aliphatic heterocycles. The first kappa shape index (κ1) is 31.8. The number of nitrogens with zero attached hydrogens (tertiary/aromatic N) is 3. The van der Waals surface area contributed by atoms with E-state index in [0.29, 0.717) is 53.8 Å². The molecule has 2 aromatic carbocycles. The lowest BCUT2D eigenvalue weighted by Gasteiger charge is -2.38. The van der Waals surface area contributed by atoms with Crippen LogP contribution in [0.3, 0.4) is 0 Å². The highest BCUT2D eigenvalue weighted by Gasteiger charge is 2.34. The Hall–Kier alpha value is -4.10. The average Bonchev–Trinajstić information content (AvgIpc) is 3.26. The summed E-state index contributed by atoms with van der Waals surface area (Å²) in [6, 6.07) is 8.77. The third-order valence-corrected chi connectivity index (χ3v) is 7.42. The van der Waals surface area contributed by atoms with Crippen molar-refractivity contribution in [2.24, 2.45) is 5.92 Å². The van der Waals surface area contributed by atoms with Gasteiger partial charge in [-0.25, -0.2) is 4.79 Å². The molecule has 1 aromatic heterocycles. The molecule has 2 heterocycles. The van der Waals surface area contributed by atoms with Gasteiger partial charge in [0, 0.05) is 31.2 Å². The smallest absolute Gasteiger partial charge is 0.416 e. The second-order valence-electron chi connectivity index (χ2n) is 11.0. The predicted octanol–water partition coefficient (Wildman–Crippen LogP) is 5.31. The van der Waals surface area contributed by atoms with E-state index in [1.54, 1.807) is 37.8 Å². The maximum Gasteiger partial charge on any atom is 0.416 e. The van der Waals surface area contributed by atoms with Crippen LogP contribution in [0.5, 0.6) is 5.75 Å². The van der Waals surface area contributed by atoms with Gasteiger partial charge in [-0.1, -0.05) is 24.2 Å². The molecule has 3 atom stereocenters. The van der Waals surface area contributed by atoms with Gasteiger partial charge in [-0.2, -0.15) is 13.2 Å². The molecule has 0 radical (unpaired) electrons. The van der Waals surface area contributed by atoms with E-state index >= 15 is 0 Å². The Balaban J connectivity index is 1.54. The number of fused-ring (bicyclic) bond motifs is 1. The number of halogens is 3. The Morgan fingerprint density at radius 2 is 1.88 bits per heavy atom. The van der Waals surface area contributed by atoms with E-state index < -0.39 is 29.9 Å². The molecule has 3 aromatic rings. The summed E-state index contributed by atoms with van der Waals surface area (Å²) in [5.74, 6) is 0.261. The molecule has 0 aliphatic carbocycles. The summed E-state index contributed by atoms with van der Waals surface area (Å²) in [7, 11) is 1.84. The standard InChI is InChI=1S/C30H36F3N5O5/c1-17-13-38(18(2)16-39)28(40)24-12-23(34-29(41)35-27-19(3)36-43-20(27)4)10-11-25(24)42-26(17)15-37(5)14-21-6-8-22(9-7-21)30(31,32)33/h6-12,17-18,26,39H,13-16H2,1-5H3,(H2,34,35,41)/t17-,18-,26+/m1/s1. The van der Waals surface area contributed by atoms with Crippen molar-refractivity contribution in [3.63, 3.8) is 0 Å². The van der Waals surface area contributed by atoms with Crippen molar-refractivity contribution in [2.75, 3.05) is 37.4 Å². The molecule has 3 amide bonds. The largest absolute Gasteiger partial charge is 0.488 e. The number of alkyl halides is 3. The summed E-state index contributed by atoms with van der Waals surface area (Å²) < 4.78 is 50.3. The van der Waals surface area contributed by atoms with Crippen molar-refractivity contribution in [1.82, 2.24) is 15.0 Å². The number of ether oxygens (including phenoxy) is 1. The number of hydrogen-bond donors (Lipinski definition) is 3. The fraction of sp³-hybridized carbons (Fsp3) is 0.433. The number of benzene rings is 2. The number of nitrogens with one attached hydrogen (secondary N) is 2. The van der Waals surface area contributed by atoms with Crippen LogP contribution in [-0.2, 0) is 12.7 Å². The van der Waals surface area contributed by atoms with E-state index in [9.17, 15) is 27.9 Å². The van der Waals surface area contributed by atoms with Crippen LogP contribution < -0.4 is 15.4 Å². The van der Waals surface area contributed by atoms with Gasteiger partial charge < -0.3 is 29.9 Å². The summed E-state index contributed by atoms with van der Waals surface area (Å²) >= 11 is 0. The number of hydrogen-bond acceptors (Lipinski definition) is 7. The number of carbonyl (C=O) groups is 2. The summed E-state index contributed by atoms with van der Waals surface area (Å²) in [5.41, 5.74) is 1.55. The zero-order valence-corrected chi connectivity index (χ0v) is 24.7. The lowest BCUT2D eigenvalue weighted by Crippen LogP contribution is -2.49. The molecule has 1 aliphatic rings. The van der Waals surface area contributed by atoms with Gasteiger partial charge in [0.2, 0.25) is 0 Å². The quantitative estimate of drug-likeness (QED) is 0.319. The Kier molecular flexibility index (Phi) is 9.65. The molecule has 4 rings (SSSR count). The van der Waals surface area contributed by atoms with Crippen LogP contribution in [-0.4, -0.2) is 70.9 Å². The van der Waals surface area contributed by atoms with Gasteiger partial charge in [0.05, 0.1) is 23.8 Å². The van der Waals surface area contributed by atoms with Crippen molar-refractivity contribution in [2.45, 2.75) is 52.6 Å². The molecule has 0 saturated carbocycles. The zero-order chi connectivity index (χ0) is 31.5. The van der Waals surface area contributed by atoms with E-state index in [1.165, 1.54) is 18.2 Å². The van der Waals surface area contributed by atoms with Crippen molar-refractivity contribution < 1.29 is 37.1 Å². The molecular formula is C30H36F3N5O5. The highest BCUT2D eigenvalue weighted by atomic mass is 19.4. The Morgan fingerprint density at radius 3 is 2.49 bits per heavy atom. The van der Waals surface area contributed by atoms with Crippen LogP contribution in [0, 0.1) is 19.8 Å². The fourth-order valence-corrected chi connectivity index (χ4v) is 4.94. The molecule has 10 nitrogen and oxygen atoms in total. The first-order valence-electron chi connectivity index (χ1n) is 13.8. The topological polar surface area (TPSA) is 120 Å². The Morgan fingerprint density at radius 1 is 1.19 bits per heavy atom. The first-order chi connectivity index (χ1) is 20.3. The Labute approximate surface area is 247 Å². The van der Waals surface area contributed by atoms with Gasteiger partial charge in [0.1, 0.15) is 23.2 Å². The number of aryl methyl sites for hydroxylation is 2. The van der Waals surface area contributed by atoms with Crippen LogP contribution in [0.2, 0.25) is 0 Å². The SMILES string of the molecule is Cc1noc(C)c1NC(=O)Nc1ccc2c(c1)C(=O)N([C@H](C)CO)C[C@@H](C)[C@H](CN(C)Cc1ccc(C(F)(F)F)cc1)O2. The first-order valence-corrected chi connectivity index (χ1v) is 13.8. The van der Waals surface area contributed by atoms with Crippen molar-refractivity contribution in [1.29, 1.82) is 0 Å². The molecular weight excluding hydrogens is 567 g/mol. The number of urea groups is 1. The van der Waals surface area contributed by atoms with Gasteiger partial charge in [-0.15, -0.1) is 0 Å². The number of anilines is 2. The summed E-state index contributed by atoms with van der Waals surface area (Å²) in [4.78, 5) is 29.9. The molecule has 13 heteroatoms. The second-order valence-corrected chi connectivity index (χ2v) is 11.0. The Bertz CT molecular complexity index is 1420. The molecule has 43 heavy (non-hydrogen) atoms. The van der Waals surface area contributed by atoms with Crippen LogP contribution >= 0.6 is 0 Å². The highest BCUT2D eigenvalue weighted by Crippen LogP contribution is 2.32. The third kappa shape index (κ3) is 7.65. The number of aliphatic hydroxyl groups excluding tert-OH is 1. The predicted molar refractivity (Wildman–Crippen MR) is 154 cm³/mol. The van der Waals surface area contributed by atoms with Gasteiger partial charge in [-0.3, -0.25) is 9.69 Å². The molecule has 232 valence electrons. The number of aromatic nitrogens is 1. The van der Waals surface area contributed by atoms with Crippen LogP contribution in [0.4, 0.5) is 29.3 Å². The maximum absolute atomic E-state index is 13.7. The van der Waals surface area contributed by atoms with E-state index in [4.69, 9.17) is 9.26 Å². The molecule has 0 bridgehead atoms. The fourth-order valence-electron chi connectivity index (χ4n) is 4.94. The lowest BCUT2D eigenvalue weighted by molar-refractivity contribution is -0.137. The highest BCUT2D eigenvalue weighted by molar-refractivity contribution is 6.03. The number of carbonyl (C=O) groups excluding carboxylic acids is 2. The summed E-state index contributed by atoms with van der Waals surface area (Å²) in [6.45, 7) is 7.91. The maximum atomic E-state index is 13.7. The number of likely N-dealkylation sites (N-methyl/N-ethyl adjacent to an activating group) is 1. The second kappa shape index (κ2) is 13.0. The van der Waals surface area contributed by atoms with Gasteiger partial charge in [-0.05, 0) is 63.7 Å². The minimum Gasteiger partial charge on any atom is -0.488 e. The van der Waals surface area contributed by atoms with E-state index in [1.807, 2.05) is 18.9 Å². The zero-order valence-electron chi connectivity index (χ0n) is 24.7. The molecule has 0 spiro atoms. The van der Waals surface area contributed by atoms with Crippen LogP contribution in [0.1, 0.15) is 46.8 Å². The van der Waals surface area contributed by atoms with E-state index in [2.05, 4.69) is 15.8 Å². The summed E-state index contributed by atoms with van der Waals surface area (Å²) in [5, 5.41) is 19.1. The third-order valence-electron chi connectivity index (χ3n) is 7.42. The number of rotatable bonds is 8. The monoisotopic (exact) mass is 603 g/mol. The van der Waals surface area contributed by atoms with Crippen molar-refractivity contribution in [3.05, 3.63) is 70.6 Å². The van der Waals surface area contributed by atoms with Crippen LogP contribution in [0.25, 0.3) is 0 Å². The lowest BCUT2D eigenvalue weighted by atomic mass is 9.99. The minimum atomic E-state index is -4.40. The van der Waals surface area contributed by atoms with Crippen molar-refractivity contribution in [3.8, 4) is 5.75 Å².